The number of rotatable bonds is 13. The Morgan fingerprint density at radius 2 is 1.73 bits per heavy atom. The number of aliphatic hydroxyl groups excluding tert-OH is 1. The van der Waals surface area contributed by atoms with E-state index < -0.39 is 11.6 Å². The quantitative estimate of drug-likeness (QED) is 0.151. The van der Waals surface area contributed by atoms with Gasteiger partial charge < -0.3 is 19.9 Å². The van der Waals surface area contributed by atoms with Gasteiger partial charge in [0.1, 0.15) is 11.6 Å². The number of carbonyl (C=O) groups is 1. The molecule has 1 aliphatic heterocycles. The largest absolute Gasteiger partial charge is 0.494 e. The molecule has 6 nitrogen and oxygen atoms in total. The van der Waals surface area contributed by atoms with Gasteiger partial charge in [-0.25, -0.2) is 9.38 Å². The minimum Gasteiger partial charge on any atom is -0.494 e. The zero-order valence-corrected chi connectivity index (χ0v) is 25.8. The molecule has 226 valence electrons. The first-order valence-electron chi connectivity index (χ1n) is 14.6. The molecule has 2 atom stereocenters. The van der Waals surface area contributed by atoms with Gasteiger partial charge in [0, 0.05) is 36.0 Å². The van der Waals surface area contributed by atoms with E-state index in [0.717, 1.165) is 26.7 Å². The van der Waals surface area contributed by atoms with Gasteiger partial charge in [-0.15, -0.1) is 0 Å². The van der Waals surface area contributed by atoms with Crippen LogP contribution in [0.4, 0.5) is 4.39 Å². The van der Waals surface area contributed by atoms with E-state index in [1.165, 1.54) is 12.1 Å². The number of nitrogens with zero attached hydrogens (tertiary/aromatic N) is 1. The number of aliphatic imine (C=N–C) groups is 1. The molecule has 0 aromatic heterocycles. The fraction of sp³-hybridized carbons (Fsp3) is 0.222. The van der Waals surface area contributed by atoms with Gasteiger partial charge in [-0.2, -0.15) is 0 Å². The van der Waals surface area contributed by atoms with Crippen LogP contribution in [0.3, 0.4) is 0 Å². The molecule has 1 aliphatic rings. The Hall–Kier alpha value is -4.27. The maximum atomic E-state index is 14.2. The van der Waals surface area contributed by atoms with Crippen molar-refractivity contribution in [3.05, 3.63) is 142 Å². The average Bonchev–Trinajstić information content (AvgIpc) is 3.44. The lowest BCUT2D eigenvalue weighted by Gasteiger charge is -2.30. The lowest BCUT2D eigenvalue weighted by Crippen LogP contribution is -2.48. The highest BCUT2D eigenvalue weighted by Gasteiger charge is 2.52. The summed E-state index contributed by atoms with van der Waals surface area (Å²) in [6.45, 7) is 0.827. The molecule has 4 aromatic rings. The highest BCUT2D eigenvalue weighted by atomic mass is 79.9. The molecule has 0 unspecified atom stereocenters. The van der Waals surface area contributed by atoms with Crippen molar-refractivity contribution in [2.24, 2.45) is 4.99 Å². The van der Waals surface area contributed by atoms with Gasteiger partial charge >= 0.3 is 0 Å². The molecule has 1 amide bonds. The van der Waals surface area contributed by atoms with Crippen molar-refractivity contribution < 1.29 is 23.8 Å². The predicted molar refractivity (Wildman–Crippen MR) is 174 cm³/mol. The normalized spacial score (nSPS) is 17.7. The summed E-state index contributed by atoms with van der Waals surface area (Å²) in [5, 5.41) is 12.1. The summed E-state index contributed by atoms with van der Waals surface area (Å²) in [5.74, 6) is 0.473. The summed E-state index contributed by atoms with van der Waals surface area (Å²) in [4.78, 5) is 19.3. The van der Waals surface area contributed by atoms with Crippen molar-refractivity contribution in [2.75, 3.05) is 19.8 Å². The van der Waals surface area contributed by atoms with E-state index in [9.17, 15) is 9.18 Å². The van der Waals surface area contributed by atoms with E-state index in [4.69, 9.17) is 19.6 Å². The Morgan fingerprint density at radius 3 is 2.43 bits per heavy atom. The zero-order chi connectivity index (χ0) is 30.8. The number of benzene rings is 4. The van der Waals surface area contributed by atoms with Crippen molar-refractivity contribution in [1.29, 1.82) is 0 Å². The maximum Gasteiger partial charge on any atom is 0.252 e. The summed E-state index contributed by atoms with van der Waals surface area (Å²) < 4.78 is 26.6. The number of carbonyl (C=O) groups excluding carboxylic acids is 1. The molecule has 1 heterocycles. The van der Waals surface area contributed by atoms with Crippen LogP contribution in [0.1, 0.15) is 41.2 Å². The molecule has 5 rings (SSSR count). The molecule has 0 radical (unpaired) electrons. The predicted octanol–water partition coefficient (Wildman–Crippen LogP) is 7.07. The highest BCUT2D eigenvalue weighted by Crippen LogP contribution is 2.43. The van der Waals surface area contributed by atoms with Gasteiger partial charge in [0.15, 0.2) is 11.6 Å². The van der Waals surface area contributed by atoms with Crippen LogP contribution in [0, 0.1) is 5.82 Å². The molecule has 44 heavy (non-hydrogen) atoms. The standard InChI is InChI=1S/C36H34BrFN2O4/c37-30-15-11-28(12-16-30)33-36(22-4-8-26-6-2-1-3-7-26,35(42)39-23-21-27-9-17-31(38)18-10-27)40-34(44-33)29-13-19-32(20-14-29)43-25-5-24-41/h1-4,6-20,33,41H,5,21-25H2,(H,39,42)/b8-4+/t33-,36-/m1/s1. The van der Waals surface area contributed by atoms with Crippen LogP contribution in [-0.4, -0.2) is 42.2 Å². The first kappa shape index (κ1) is 31.2. The van der Waals surface area contributed by atoms with Crippen molar-refractivity contribution in [3.63, 3.8) is 0 Å². The molecule has 0 bridgehead atoms. The van der Waals surface area contributed by atoms with Crippen molar-refractivity contribution in [1.82, 2.24) is 5.32 Å². The van der Waals surface area contributed by atoms with Gasteiger partial charge in [0.05, 0.1) is 6.61 Å². The summed E-state index contributed by atoms with van der Waals surface area (Å²) in [7, 11) is 0. The Labute approximate surface area is 265 Å². The SMILES string of the molecule is O=C(NCCc1ccc(F)cc1)[C@]1(C/C=C/c2ccccc2)N=C(c2ccc(OCCCO)cc2)O[C@@H]1c1ccc(Br)cc1. The third kappa shape index (κ3) is 7.81. The van der Waals surface area contributed by atoms with Crippen LogP contribution < -0.4 is 10.1 Å². The van der Waals surface area contributed by atoms with Gasteiger partial charge in [-0.05, 0) is 71.6 Å². The van der Waals surface area contributed by atoms with E-state index in [2.05, 4.69) is 21.2 Å². The average molecular weight is 658 g/mol. The molecule has 2 N–H and O–H groups in total. The molecular formula is C36H34BrFN2O4. The number of amides is 1. The molecule has 4 aromatic carbocycles. The van der Waals surface area contributed by atoms with Gasteiger partial charge in [0.25, 0.3) is 5.91 Å². The first-order valence-corrected chi connectivity index (χ1v) is 15.4. The lowest BCUT2D eigenvalue weighted by atomic mass is 9.84. The third-order valence-corrected chi connectivity index (χ3v) is 7.88. The Bertz CT molecular complexity index is 1580. The van der Waals surface area contributed by atoms with E-state index in [1.54, 1.807) is 12.1 Å². The number of aliphatic hydroxyl groups is 1. The third-order valence-electron chi connectivity index (χ3n) is 7.35. The topological polar surface area (TPSA) is 80.2 Å². The van der Waals surface area contributed by atoms with E-state index >= 15 is 0 Å². The summed E-state index contributed by atoms with van der Waals surface area (Å²) >= 11 is 3.51. The lowest BCUT2D eigenvalue weighted by molar-refractivity contribution is -0.128. The fourth-order valence-corrected chi connectivity index (χ4v) is 5.28. The molecule has 0 fully saturated rings. The van der Waals surface area contributed by atoms with Gasteiger partial charge in [-0.1, -0.05) is 82.7 Å². The van der Waals surface area contributed by atoms with Crippen molar-refractivity contribution in [2.45, 2.75) is 30.9 Å². The molecule has 0 saturated heterocycles. The Morgan fingerprint density at radius 1 is 1.00 bits per heavy atom. The summed E-state index contributed by atoms with van der Waals surface area (Å²) in [6, 6.07) is 31.3. The second-order valence-corrected chi connectivity index (χ2v) is 11.4. The minimum atomic E-state index is -1.30. The molecule has 0 saturated carbocycles. The molecule has 0 spiro atoms. The van der Waals surface area contributed by atoms with Crippen LogP contribution in [0.25, 0.3) is 6.08 Å². The second-order valence-electron chi connectivity index (χ2n) is 10.5. The van der Waals surface area contributed by atoms with Gasteiger partial charge in [0.2, 0.25) is 5.90 Å². The number of halogens is 2. The number of hydrogen-bond donors (Lipinski definition) is 2. The summed E-state index contributed by atoms with van der Waals surface area (Å²) in [6.07, 6.45) is 4.63. The second kappa shape index (κ2) is 14.9. The van der Waals surface area contributed by atoms with Crippen molar-refractivity contribution >= 4 is 33.8 Å². The number of hydrogen-bond acceptors (Lipinski definition) is 5. The maximum absolute atomic E-state index is 14.2. The molecule has 8 heteroatoms. The van der Waals surface area contributed by atoms with E-state index in [-0.39, 0.29) is 24.8 Å². The van der Waals surface area contributed by atoms with Crippen molar-refractivity contribution in [3.8, 4) is 5.75 Å². The van der Waals surface area contributed by atoms with E-state index in [0.29, 0.717) is 37.6 Å². The fourth-order valence-electron chi connectivity index (χ4n) is 5.02. The Kier molecular flexibility index (Phi) is 10.6. The molecule has 0 aliphatic carbocycles. The minimum absolute atomic E-state index is 0.0624. The number of ether oxygens (including phenoxy) is 2. The van der Waals surface area contributed by atoms with Crippen LogP contribution in [0.5, 0.6) is 5.75 Å². The van der Waals surface area contributed by atoms with Gasteiger partial charge in [-0.3, -0.25) is 4.79 Å². The number of nitrogens with one attached hydrogen (secondary N) is 1. The van der Waals surface area contributed by atoms with Crippen LogP contribution in [0.2, 0.25) is 0 Å². The first-order chi connectivity index (χ1) is 21.5. The summed E-state index contributed by atoms with van der Waals surface area (Å²) in [5.41, 5.74) is 2.17. The van der Waals surface area contributed by atoms with Crippen LogP contribution in [-0.2, 0) is 16.0 Å². The zero-order valence-electron chi connectivity index (χ0n) is 24.2. The van der Waals surface area contributed by atoms with E-state index in [1.807, 2.05) is 91.0 Å². The monoisotopic (exact) mass is 656 g/mol. The van der Waals surface area contributed by atoms with Crippen LogP contribution >= 0.6 is 15.9 Å². The smallest absolute Gasteiger partial charge is 0.252 e. The molecular weight excluding hydrogens is 623 g/mol. The Balaban J connectivity index is 1.48. The highest BCUT2D eigenvalue weighted by molar-refractivity contribution is 9.10. The van der Waals surface area contributed by atoms with Crippen LogP contribution in [0.15, 0.2) is 119 Å².